The van der Waals surface area contributed by atoms with E-state index in [9.17, 15) is 4.79 Å². The number of amides is 1. The first kappa shape index (κ1) is 16.8. The molecule has 0 radical (unpaired) electrons. The standard InChI is InChI=1S/C19H20N4O2S/c1-13-17(22-19(26-13)15-5-4-10-25-15)18(24)21-12-14-6-7-20-16(11-14)23-8-2-3-9-23/h4-7,10-11H,2-3,8-9,12H2,1H3,(H,21,24). The van der Waals surface area contributed by atoms with Gasteiger partial charge in [-0.2, -0.15) is 0 Å². The van der Waals surface area contributed by atoms with Gasteiger partial charge in [0.05, 0.1) is 6.26 Å². The van der Waals surface area contributed by atoms with Crippen LogP contribution in [0.15, 0.2) is 41.1 Å². The summed E-state index contributed by atoms with van der Waals surface area (Å²) in [5, 5.41) is 3.68. The lowest BCUT2D eigenvalue weighted by atomic mass is 10.2. The molecule has 0 bridgehead atoms. The minimum atomic E-state index is -0.170. The van der Waals surface area contributed by atoms with Gasteiger partial charge in [-0.3, -0.25) is 4.79 Å². The second kappa shape index (κ2) is 7.29. The number of thiazole rings is 1. The number of hydrogen-bond donors (Lipinski definition) is 1. The van der Waals surface area contributed by atoms with Gasteiger partial charge < -0.3 is 14.6 Å². The Hall–Kier alpha value is -2.67. The number of aryl methyl sites for hydroxylation is 1. The molecule has 1 fully saturated rings. The third-order valence-corrected chi connectivity index (χ3v) is 5.42. The van der Waals surface area contributed by atoms with Crippen LogP contribution in [0.5, 0.6) is 0 Å². The van der Waals surface area contributed by atoms with Crippen molar-refractivity contribution in [2.45, 2.75) is 26.3 Å². The summed E-state index contributed by atoms with van der Waals surface area (Å²) in [6, 6.07) is 7.64. The van der Waals surface area contributed by atoms with E-state index in [1.807, 2.05) is 31.2 Å². The largest absolute Gasteiger partial charge is 0.462 e. The number of pyridine rings is 1. The Morgan fingerprint density at radius 3 is 2.96 bits per heavy atom. The molecule has 1 N–H and O–H groups in total. The van der Waals surface area contributed by atoms with E-state index in [1.165, 1.54) is 24.2 Å². The Balaban J connectivity index is 1.43. The van der Waals surface area contributed by atoms with Crippen molar-refractivity contribution in [3.05, 3.63) is 52.9 Å². The molecule has 7 heteroatoms. The molecule has 3 aromatic rings. The Morgan fingerprint density at radius 1 is 1.35 bits per heavy atom. The number of aromatic nitrogens is 2. The van der Waals surface area contributed by atoms with Crippen LogP contribution in [-0.2, 0) is 6.54 Å². The molecule has 1 amide bonds. The summed E-state index contributed by atoms with van der Waals surface area (Å²) in [6.45, 7) is 4.46. The van der Waals surface area contributed by atoms with Gasteiger partial charge in [0.25, 0.3) is 5.91 Å². The Labute approximate surface area is 155 Å². The van der Waals surface area contributed by atoms with Crippen LogP contribution in [0.1, 0.15) is 33.8 Å². The summed E-state index contributed by atoms with van der Waals surface area (Å²) in [6.07, 6.45) is 5.83. The van der Waals surface area contributed by atoms with Gasteiger partial charge in [0.2, 0.25) is 0 Å². The van der Waals surface area contributed by atoms with Gasteiger partial charge in [0.1, 0.15) is 11.5 Å². The monoisotopic (exact) mass is 368 g/mol. The van der Waals surface area contributed by atoms with E-state index in [0.717, 1.165) is 34.4 Å². The average molecular weight is 368 g/mol. The predicted octanol–water partition coefficient (Wildman–Crippen LogP) is 3.64. The molecule has 6 nitrogen and oxygen atoms in total. The van der Waals surface area contributed by atoms with Gasteiger partial charge in [0.15, 0.2) is 10.8 Å². The van der Waals surface area contributed by atoms with E-state index in [0.29, 0.717) is 18.0 Å². The Kier molecular flexibility index (Phi) is 4.71. The maximum atomic E-state index is 12.5. The van der Waals surface area contributed by atoms with E-state index in [-0.39, 0.29) is 5.91 Å². The molecule has 0 saturated carbocycles. The number of carbonyl (C=O) groups is 1. The van der Waals surface area contributed by atoms with E-state index in [4.69, 9.17) is 4.42 Å². The van der Waals surface area contributed by atoms with Crippen molar-refractivity contribution < 1.29 is 9.21 Å². The third kappa shape index (κ3) is 3.48. The first-order valence-electron chi connectivity index (χ1n) is 8.70. The van der Waals surface area contributed by atoms with E-state index in [1.54, 1.807) is 12.5 Å². The molecule has 3 aromatic heterocycles. The van der Waals surface area contributed by atoms with Crippen molar-refractivity contribution in [3.63, 3.8) is 0 Å². The molecule has 0 aromatic carbocycles. The molecule has 0 unspecified atom stereocenters. The summed E-state index contributed by atoms with van der Waals surface area (Å²) in [4.78, 5) is 24.6. The van der Waals surface area contributed by atoms with Crippen LogP contribution in [0.2, 0.25) is 0 Å². The fourth-order valence-corrected chi connectivity index (χ4v) is 3.95. The van der Waals surface area contributed by atoms with Gasteiger partial charge in [-0.25, -0.2) is 9.97 Å². The molecule has 134 valence electrons. The number of nitrogens with one attached hydrogen (secondary N) is 1. The lowest BCUT2D eigenvalue weighted by Crippen LogP contribution is -2.24. The Morgan fingerprint density at radius 2 is 2.19 bits per heavy atom. The minimum Gasteiger partial charge on any atom is -0.462 e. The van der Waals surface area contributed by atoms with Gasteiger partial charge >= 0.3 is 0 Å². The number of furan rings is 1. The van der Waals surface area contributed by atoms with Crippen molar-refractivity contribution in [1.29, 1.82) is 0 Å². The maximum absolute atomic E-state index is 12.5. The van der Waals surface area contributed by atoms with Gasteiger partial charge in [0, 0.05) is 30.7 Å². The molecule has 0 atom stereocenters. The molecule has 1 aliphatic rings. The van der Waals surface area contributed by atoms with E-state index < -0.39 is 0 Å². The molecule has 0 aliphatic carbocycles. The lowest BCUT2D eigenvalue weighted by molar-refractivity contribution is 0.0946. The summed E-state index contributed by atoms with van der Waals surface area (Å²) >= 11 is 1.46. The van der Waals surface area contributed by atoms with Gasteiger partial charge in [-0.05, 0) is 49.6 Å². The first-order chi connectivity index (χ1) is 12.7. The highest BCUT2D eigenvalue weighted by Crippen LogP contribution is 2.28. The van der Waals surface area contributed by atoms with Gasteiger partial charge in [-0.15, -0.1) is 11.3 Å². The van der Waals surface area contributed by atoms with Crippen molar-refractivity contribution in [2.75, 3.05) is 18.0 Å². The van der Waals surface area contributed by atoms with Crippen LogP contribution in [0, 0.1) is 6.92 Å². The minimum absolute atomic E-state index is 0.170. The molecule has 26 heavy (non-hydrogen) atoms. The van der Waals surface area contributed by atoms with Crippen molar-refractivity contribution >= 4 is 23.1 Å². The zero-order valence-corrected chi connectivity index (χ0v) is 15.4. The zero-order valence-electron chi connectivity index (χ0n) is 14.6. The van der Waals surface area contributed by atoms with Gasteiger partial charge in [-0.1, -0.05) is 0 Å². The van der Waals surface area contributed by atoms with Crippen molar-refractivity contribution in [3.8, 4) is 10.8 Å². The van der Waals surface area contributed by atoms with Crippen LogP contribution in [0.25, 0.3) is 10.8 Å². The zero-order chi connectivity index (χ0) is 17.9. The summed E-state index contributed by atoms with van der Waals surface area (Å²) in [5.41, 5.74) is 1.49. The highest BCUT2D eigenvalue weighted by Gasteiger charge is 2.18. The second-order valence-corrected chi connectivity index (χ2v) is 7.50. The fraction of sp³-hybridized carbons (Fsp3) is 0.316. The molecule has 4 rings (SSSR count). The average Bonchev–Trinajstić information content (AvgIpc) is 3.40. The maximum Gasteiger partial charge on any atom is 0.271 e. The number of carbonyl (C=O) groups excluding carboxylic acids is 1. The van der Waals surface area contributed by atoms with E-state index in [2.05, 4.69) is 20.2 Å². The van der Waals surface area contributed by atoms with E-state index >= 15 is 0 Å². The molecular formula is C19H20N4O2S. The van der Waals surface area contributed by atoms with Crippen molar-refractivity contribution in [1.82, 2.24) is 15.3 Å². The molecule has 4 heterocycles. The van der Waals surface area contributed by atoms with Crippen LogP contribution in [0.4, 0.5) is 5.82 Å². The topological polar surface area (TPSA) is 71.3 Å². The smallest absolute Gasteiger partial charge is 0.271 e. The first-order valence-corrected chi connectivity index (χ1v) is 9.52. The van der Waals surface area contributed by atoms with Crippen LogP contribution >= 0.6 is 11.3 Å². The fourth-order valence-electron chi connectivity index (χ4n) is 3.07. The highest BCUT2D eigenvalue weighted by atomic mass is 32.1. The molecule has 0 spiro atoms. The number of anilines is 1. The summed E-state index contributed by atoms with van der Waals surface area (Å²) in [5.74, 6) is 1.50. The molecular weight excluding hydrogens is 348 g/mol. The summed E-state index contributed by atoms with van der Waals surface area (Å²) < 4.78 is 5.36. The quantitative estimate of drug-likeness (QED) is 0.744. The van der Waals surface area contributed by atoms with Crippen LogP contribution < -0.4 is 10.2 Å². The highest BCUT2D eigenvalue weighted by molar-refractivity contribution is 7.15. The second-order valence-electron chi connectivity index (χ2n) is 6.30. The third-order valence-electron chi connectivity index (χ3n) is 4.44. The normalized spacial score (nSPS) is 14.0. The van der Waals surface area contributed by atoms with Crippen molar-refractivity contribution in [2.24, 2.45) is 0 Å². The lowest BCUT2D eigenvalue weighted by Gasteiger charge is -2.16. The SMILES string of the molecule is Cc1sc(-c2ccco2)nc1C(=O)NCc1ccnc(N2CCCC2)c1. The molecule has 1 aliphatic heterocycles. The predicted molar refractivity (Wildman–Crippen MR) is 101 cm³/mol. The Bertz CT molecular complexity index is 898. The number of hydrogen-bond acceptors (Lipinski definition) is 6. The molecule has 1 saturated heterocycles. The van der Waals surface area contributed by atoms with Crippen LogP contribution in [0.3, 0.4) is 0 Å². The number of rotatable bonds is 5. The summed E-state index contributed by atoms with van der Waals surface area (Å²) in [7, 11) is 0. The van der Waals surface area contributed by atoms with Crippen LogP contribution in [-0.4, -0.2) is 29.0 Å². The number of nitrogens with zero attached hydrogens (tertiary/aromatic N) is 3.